The highest BCUT2D eigenvalue weighted by molar-refractivity contribution is 9.10. The molecule has 6 aromatic carbocycles. The van der Waals surface area contributed by atoms with Gasteiger partial charge in [0.15, 0.2) is 0 Å². The first-order chi connectivity index (χ1) is 29.7. The van der Waals surface area contributed by atoms with E-state index in [9.17, 15) is 26.3 Å². The highest BCUT2D eigenvalue weighted by atomic mass is 79.9. The van der Waals surface area contributed by atoms with Crippen molar-refractivity contribution in [3.05, 3.63) is 196 Å². The molecule has 0 saturated carbocycles. The van der Waals surface area contributed by atoms with Crippen LogP contribution >= 0.6 is 15.9 Å². The Bertz CT molecular complexity index is 2270. The van der Waals surface area contributed by atoms with Crippen LogP contribution in [0, 0.1) is 0 Å². The zero-order valence-corrected chi connectivity index (χ0v) is 35.2. The summed E-state index contributed by atoms with van der Waals surface area (Å²) in [7, 11) is -2.10. The molecule has 0 bridgehead atoms. The first-order valence-electron chi connectivity index (χ1n) is 20.0. The Morgan fingerprint density at radius 3 is 1.40 bits per heavy atom. The number of halogens is 7. The Kier molecular flexibility index (Phi) is 16.6. The fourth-order valence-corrected chi connectivity index (χ4v) is 7.55. The zero-order valence-electron chi connectivity index (χ0n) is 33.7. The molecular weight excluding hydrogens is 873 g/mol. The number of nitrogens with zero attached hydrogens (tertiary/aromatic N) is 2. The summed E-state index contributed by atoms with van der Waals surface area (Å²) in [6.45, 7) is 6.78. The van der Waals surface area contributed by atoms with Crippen LogP contribution in [0.4, 0.5) is 26.3 Å². The molecule has 324 valence electrons. The molecule has 14 heteroatoms. The highest BCUT2D eigenvalue weighted by Crippen LogP contribution is 2.37. The molecule has 0 aliphatic carbocycles. The van der Waals surface area contributed by atoms with Crippen molar-refractivity contribution in [3.8, 4) is 11.1 Å². The van der Waals surface area contributed by atoms with Crippen molar-refractivity contribution in [3.63, 3.8) is 0 Å². The van der Waals surface area contributed by atoms with Gasteiger partial charge in [0.1, 0.15) is 0 Å². The molecule has 2 aliphatic rings. The second-order valence-corrected chi connectivity index (χ2v) is 15.8. The molecule has 0 spiro atoms. The molecule has 62 heavy (non-hydrogen) atoms. The summed E-state index contributed by atoms with van der Waals surface area (Å²) in [4.78, 5) is 4.78. The van der Waals surface area contributed by atoms with E-state index in [1.807, 2.05) is 36.4 Å². The van der Waals surface area contributed by atoms with E-state index in [1.54, 1.807) is 18.2 Å². The molecule has 2 fully saturated rings. The van der Waals surface area contributed by atoms with Gasteiger partial charge in [0.25, 0.3) is 0 Å². The Balaban J connectivity index is 0.000000168. The Morgan fingerprint density at radius 1 is 0.532 bits per heavy atom. The summed E-state index contributed by atoms with van der Waals surface area (Å²) < 4.78 is 89.3. The van der Waals surface area contributed by atoms with Gasteiger partial charge < -0.3 is 19.5 Å². The van der Waals surface area contributed by atoms with E-state index in [-0.39, 0.29) is 17.8 Å². The van der Waals surface area contributed by atoms with Gasteiger partial charge in [0.05, 0.1) is 36.5 Å². The summed E-state index contributed by atoms with van der Waals surface area (Å²) in [5.41, 5.74) is 3.48. The van der Waals surface area contributed by atoms with E-state index < -0.39 is 36.1 Å². The van der Waals surface area contributed by atoms with Crippen molar-refractivity contribution in [1.29, 1.82) is 0 Å². The summed E-state index contributed by atoms with van der Waals surface area (Å²) in [5, 5.41) is 17.2. The van der Waals surface area contributed by atoms with Crippen molar-refractivity contribution in [2.75, 3.05) is 39.4 Å². The molecule has 8 rings (SSSR count). The first-order valence-corrected chi connectivity index (χ1v) is 20.8. The normalized spacial score (nSPS) is 17.2. The molecular formula is C48H46BBrF6N2O4. The molecule has 2 saturated heterocycles. The van der Waals surface area contributed by atoms with Gasteiger partial charge in [-0.05, 0) is 57.0 Å². The first kappa shape index (κ1) is 46.7. The van der Waals surface area contributed by atoms with E-state index in [1.165, 1.54) is 35.4 Å². The largest absolute Gasteiger partial charge is 0.489 e. The van der Waals surface area contributed by atoms with Crippen molar-refractivity contribution < 1.29 is 45.9 Å². The van der Waals surface area contributed by atoms with Crippen LogP contribution in [0.25, 0.3) is 11.1 Å². The minimum absolute atomic E-state index is 0.0443. The van der Waals surface area contributed by atoms with Gasteiger partial charge in [-0.25, -0.2) is 0 Å². The molecule has 2 N–H and O–H groups in total. The average molecular weight is 920 g/mol. The van der Waals surface area contributed by atoms with Crippen LogP contribution in [-0.4, -0.2) is 66.4 Å². The SMILES string of the molecule is Brc1ccc(CN2CCO[C@@H](c3ccccc3)C2)cc1.FC(F)(F)c1ccccc1-c1ccc(CN2CCO[C@@H](c3ccccc3)C2)cc1.OB(O)c1ccccc1C(F)(F)F. The summed E-state index contributed by atoms with van der Waals surface area (Å²) in [5.74, 6) is 0. The number of morpholine rings is 2. The van der Waals surface area contributed by atoms with Gasteiger partial charge in [-0.1, -0.05) is 155 Å². The maximum atomic E-state index is 13.3. The van der Waals surface area contributed by atoms with E-state index in [2.05, 4.69) is 86.4 Å². The summed E-state index contributed by atoms with van der Waals surface area (Å²) in [6.07, 6.45) is -8.68. The predicted octanol–water partition coefficient (Wildman–Crippen LogP) is 10.4. The predicted molar refractivity (Wildman–Crippen MR) is 233 cm³/mol. The number of alkyl halides is 6. The van der Waals surface area contributed by atoms with E-state index in [4.69, 9.17) is 19.5 Å². The van der Waals surface area contributed by atoms with Gasteiger partial charge in [0, 0.05) is 43.7 Å². The molecule has 6 aromatic rings. The Morgan fingerprint density at radius 2 is 0.952 bits per heavy atom. The van der Waals surface area contributed by atoms with Gasteiger partial charge in [-0.3, -0.25) is 9.80 Å². The van der Waals surface area contributed by atoms with E-state index >= 15 is 0 Å². The number of hydrogen-bond acceptors (Lipinski definition) is 6. The van der Waals surface area contributed by atoms with Crippen molar-refractivity contribution in [1.82, 2.24) is 9.80 Å². The van der Waals surface area contributed by atoms with Crippen LogP contribution in [0.2, 0.25) is 0 Å². The van der Waals surface area contributed by atoms with Crippen molar-refractivity contribution >= 4 is 28.5 Å². The topological polar surface area (TPSA) is 65.4 Å². The van der Waals surface area contributed by atoms with Crippen LogP contribution in [0.15, 0.2) is 162 Å². The second kappa shape index (κ2) is 22.0. The lowest BCUT2D eigenvalue weighted by atomic mass is 9.77. The molecule has 0 aromatic heterocycles. The van der Waals surface area contributed by atoms with Crippen LogP contribution in [0.5, 0.6) is 0 Å². The lowest BCUT2D eigenvalue weighted by Gasteiger charge is -2.33. The molecule has 0 unspecified atom stereocenters. The van der Waals surface area contributed by atoms with E-state index in [0.717, 1.165) is 79.7 Å². The van der Waals surface area contributed by atoms with Crippen LogP contribution in [-0.2, 0) is 34.9 Å². The van der Waals surface area contributed by atoms with Gasteiger partial charge >= 0.3 is 19.5 Å². The standard InChI is InChI=1S/C24H22F3NO.C17H18BrNO.C7H6BF3O2/c25-24(26,27)22-9-5-4-8-21(22)19-12-10-18(11-13-19)16-28-14-15-29-23(17-28)20-6-2-1-3-7-20;18-16-8-6-14(7-9-16)12-19-10-11-20-17(13-19)15-4-2-1-3-5-15;9-7(10,11)5-3-1-2-4-6(5)8(12)13/h1-13,23H,14-17H2;1-9,17H,10-13H2;1-4,12-13H/t23-;17-;/m11./s1. The van der Waals surface area contributed by atoms with Gasteiger partial charge in [-0.15, -0.1) is 0 Å². The molecule has 2 heterocycles. The third-order valence-corrected chi connectivity index (χ3v) is 10.9. The number of benzene rings is 6. The monoisotopic (exact) mass is 918 g/mol. The molecule has 6 nitrogen and oxygen atoms in total. The highest BCUT2D eigenvalue weighted by Gasteiger charge is 2.36. The number of rotatable bonds is 8. The van der Waals surface area contributed by atoms with Crippen LogP contribution in [0.3, 0.4) is 0 Å². The van der Waals surface area contributed by atoms with Gasteiger partial charge in [-0.2, -0.15) is 26.3 Å². The zero-order chi connectivity index (χ0) is 44.1. The van der Waals surface area contributed by atoms with Crippen molar-refractivity contribution in [2.45, 2.75) is 37.7 Å². The number of hydrogen-bond donors (Lipinski definition) is 2. The lowest BCUT2D eigenvalue weighted by Crippen LogP contribution is -2.37. The Hall–Kier alpha value is -4.80. The maximum absolute atomic E-state index is 13.3. The van der Waals surface area contributed by atoms with E-state index in [0.29, 0.717) is 12.2 Å². The minimum Gasteiger partial charge on any atom is -0.423 e. The molecule has 0 amide bonds. The minimum atomic E-state index is -4.56. The van der Waals surface area contributed by atoms with Crippen LogP contribution < -0.4 is 5.46 Å². The third-order valence-electron chi connectivity index (χ3n) is 10.4. The smallest absolute Gasteiger partial charge is 0.423 e. The molecule has 2 atom stereocenters. The summed E-state index contributed by atoms with van der Waals surface area (Å²) in [6, 6.07) is 46.6. The second-order valence-electron chi connectivity index (χ2n) is 14.8. The lowest BCUT2D eigenvalue weighted by molar-refractivity contribution is -0.137. The quantitative estimate of drug-likeness (QED) is 0.117. The molecule has 2 aliphatic heterocycles. The summed E-state index contributed by atoms with van der Waals surface area (Å²) >= 11 is 3.48. The van der Waals surface area contributed by atoms with Crippen molar-refractivity contribution in [2.24, 2.45) is 0 Å². The molecule has 0 radical (unpaired) electrons. The number of ether oxygens (including phenoxy) is 2. The average Bonchev–Trinajstić information content (AvgIpc) is 3.28. The fraction of sp³-hybridized carbons (Fsp3) is 0.250. The third kappa shape index (κ3) is 13.6. The maximum Gasteiger partial charge on any atom is 0.489 e. The van der Waals surface area contributed by atoms with Crippen LogP contribution in [0.1, 0.15) is 45.6 Å². The fourth-order valence-electron chi connectivity index (χ4n) is 7.29. The van der Waals surface area contributed by atoms with Gasteiger partial charge in [0.2, 0.25) is 0 Å². The Labute approximate surface area is 366 Å².